The molecule has 130 valence electrons. The molecule has 0 fully saturated rings. The summed E-state index contributed by atoms with van der Waals surface area (Å²) in [6.07, 6.45) is -0.940. The summed E-state index contributed by atoms with van der Waals surface area (Å²) in [6.45, 7) is 1.87. The lowest BCUT2D eigenvalue weighted by atomic mass is 10.1. The van der Waals surface area contributed by atoms with E-state index in [1.54, 1.807) is 24.5 Å². The number of hydrogen-bond donors (Lipinski definition) is 0. The minimum absolute atomic E-state index is 0.297. The molecule has 9 heteroatoms. The van der Waals surface area contributed by atoms with E-state index in [1.165, 1.54) is 19.0 Å². The van der Waals surface area contributed by atoms with Gasteiger partial charge in [0.15, 0.2) is 5.69 Å². The maximum Gasteiger partial charge on any atom is 0.436 e. The first-order chi connectivity index (χ1) is 11.2. The van der Waals surface area contributed by atoms with Gasteiger partial charge < -0.3 is 4.90 Å². The molecule has 0 aliphatic carbocycles. The molecule has 0 saturated heterocycles. The molecular weight excluding hydrogens is 345 g/mol. The standard InChI is InChI=1S/C15H16ClF3N4O/c1-4-10(9-6-5-7-20-8-9)22(2)14(24)12-11(16)13(15(17,18)19)21-23(12)3/h5-8,10H,4H2,1-3H3/t10-/m0/s1. The summed E-state index contributed by atoms with van der Waals surface area (Å²) in [5.74, 6) is -0.638. The number of pyridine rings is 1. The maximum atomic E-state index is 12.9. The molecule has 0 spiro atoms. The highest BCUT2D eigenvalue weighted by Gasteiger charge is 2.40. The Morgan fingerprint density at radius 3 is 2.58 bits per heavy atom. The highest BCUT2D eigenvalue weighted by Crippen LogP contribution is 2.36. The van der Waals surface area contributed by atoms with Crippen LogP contribution in [-0.2, 0) is 13.2 Å². The summed E-state index contributed by atoms with van der Waals surface area (Å²) in [6, 6.07) is 3.19. The number of rotatable bonds is 4. The average Bonchev–Trinajstić information content (AvgIpc) is 2.83. The normalized spacial score (nSPS) is 13.0. The maximum absolute atomic E-state index is 12.9. The van der Waals surface area contributed by atoms with Gasteiger partial charge in [0.2, 0.25) is 0 Å². The fraction of sp³-hybridized carbons (Fsp3) is 0.400. The van der Waals surface area contributed by atoms with Crippen molar-refractivity contribution in [3.63, 3.8) is 0 Å². The van der Waals surface area contributed by atoms with Gasteiger partial charge in [0.1, 0.15) is 10.7 Å². The zero-order chi connectivity index (χ0) is 18.1. The molecule has 1 atom stereocenters. The second-order valence-electron chi connectivity index (χ2n) is 5.26. The van der Waals surface area contributed by atoms with Crippen molar-refractivity contribution in [2.24, 2.45) is 7.05 Å². The Morgan fingerprint density at radius 2 is 2.12 bits per heavy atom. The monoisotopic (exact) mass is 360 g/mol. The van der Waals surface area contributed by atoms with E-state index in [9.17, 15) is 18.0 Å². The molecule has 24 heavy (non-hydrogen) atoms. The predicted molar refractivity (Wildman–Crippen MR) is 82.6 cm³/mol. The number of aromatic nitrogens is 3. The lowest BCUT2D eigenvalue weighted by Crippen LogP contribution is -2.32. The Morgan fingerprint density at radius 1 is 1.46 bits per heavy atom. The van der Waals surface area contributed by atoms with Crippen LogP contribution in [0.3, 0.4) is 0 Å². The van der Waals surface area contributed by atoms with Crippen molar-refractivity contribution in [2.75, 3.05) is 7.05 Å². The minimum Gasteiger partial charge on any atom is -0.333 e. The van der Waals surface area contributed by atoms with E-state index in [2.05, 4.69) is 10.1 Å². The fourth-order valence-corrected chi connectivity index (χ4v) is 2.87. The average molecular weight is 361 g/mol. The number of nitrogens with zero attached hydrogens (tertiary/aromatic N) is 4. The summed E-state index contributed by atoms with van der Waals surface area (Å²) in [7, 11) is 2.77. The van der Waals surface area contributed by atoms with Crippen molar-refractivity contribution >= 4 is 17.5 Å². The van der Waals surface area contributed by atoms with Crippen LogP contribution in [0.4, 0.5) is 13.2 Å². The SMILES string of the molecule is CC[C@@H](c1cccnc1)N(C)C(=O)c1c(Cl)c(C(F)(F)F)nn1C. The first-order valence-corrected chi connectivity index (χ1v) is 7.53. The molecule has 0 aromatic carbocycles. The van der Waals surface area contributed by atoms with E-state index in [0.29, 0.717) is 6.42 Å². The van der Waals surface area contributed by atoms with Crippen LogP contribution in [0.1, 0.15) is 41.1 Å². The van der Waals surface area contributed by atoms with Gasteiger partial charge in [-0.1, -0.05) is 24.6 Å². The van der Waals surface area contributed by atoms with Crippen LogP contribution >= 0.6 is 11.6 Å². The smallest absolute Gasteiger partial charge is 0.333 e. The lowest BCUT2D eigenvalue weighted by Gasteiger charge is -2.27. The number of halogens is 4. The van der Waals surface area contributed by atoms with Crippen LogP contribution in [0.5, 0.6) is 0 Å². The molecule has 1 amide bonds. The summed E-state index contributed by atoms with van der Waals surface area (Å²) < 4.78 is 39.6. The van der Waals surface area contributed by atoms with Crippen molar-refractivity contribution in [2.45, 2.75) is 25.6 Å². The number of alkyl halides is 3. The zero-order valence-corrected chi connectivity index (χ0v) is 14.1. The van der Waals surface area contributed by atoms with Crippen LogP contribution in [0.15, 0.2) is 24.5 Å². The zero-order valence-electron chi connectivity index (χ0n) is 13.3. The highest BCUT2D eigenvalue weighted by molar-refractivity contribution is 6.34. The molecular formula is C15H16ClF3N4O. The van der Waals surface area contributed by atoms with Gasteiger partial charge in [0.25, 0.3) is 5.91 Å². The van der Waals surface area contributed by atoms with Gasteiger partial charge in [-0.25, -0.2) is 0 Å². The third kappa shape index (κ3) is 3.38. The molecule has 0 aliphatic rings. The van der Waals surface area contributed by atoms with Gasteiger partial charge in [-0.05, 0) is 18.1 Å². The fourth-order valence-electron chi connectivity index (χ4n) is 2.53. The van der Waals surface area contributed by atoms with Crippen LogP contribution in [0, 0.1) is 0 Å². The largest absolute Gasteiger partial charge is 0.436 e. The molecule has 0 radical (unpaired) electrons. The molecule has 2 aromatic heterocycles. The minimum atomic E-state index is -4.72. The van der Waals surface area contributed by atoms with E-state index in [-0.39, 0.29) is 11.7 Å². The Bertz CT molecular complexity index is 730. The summed E-state index contributed by atoms with van der Waals surface area (Å²) in [5.41, 5.74) is -0.781. The highest BCUT2D eigenvalue weighted by atomic mass is 35.5. The number of hydrogen-bond acceptors (Lipinski definition) is 3. The quantitative estimate of drug-likeness (QED) is 0.835. The van der Waals surface area contributed by atoms with Gasteiger partial charge in [-0.3, -0.25) is 14.5 Å². The van der Waals surface area contributed by atoms with Gasteiger partial charge >= 0.3 is 6.18 Å². The summed E-state index contributed by atoms with van der Waals surface area (Å²) >= 11 is 5.78. The van der Waals surface area contributed by atoms with Crippen LogP contribution in [-0.4, -0.2) is 32.6 Å². The van der Waals surface area contributed by atoms with Gasteiger partial charge in [-0.2, -0.15) is 18.3 Å². The lowest BCUT2D eigenvalue weighted by molar-refractivity contribution is -0.141. The van der Waals surface area contributed by atoms with Gasteiger partial charge in [0.05, 0.1) is 6.04 Å². The molecule has 0 bridgehead atoms. The molecule has 5 nitrogen and oxygen atoms in total. The van der Waals surface area contributed by atoms with E-state index in [0.717, 1.165) is 10.2 Å². The number of amides is 1. The molecule has 2 heterocycles. The van der Waals surface area contributed by atoms with E-state index in [4.69, 9.17) is 11.6 Å². The Labute approximate surface area is 142 Å². The first-order valence-electron chi connectivity index (χ1n) is 7.15. The second kappa shape index (κ2) is 6.80. The second-order valence-corrected chi connectivity index (χ2v) is 5.64. The van der Waals surface area contributed by atoms with Crippen molar-refractivity contribution in [3.05, 3.63) is 46.5 Å². The van der Waals surface area contributed by atoms with Crippen molar-refractivity contribution in [1.29, 1.82) is 0 Å². The number of aryl methyl sites for hydroxylation is 1. The Balaban J connectivity index is 2.40. The topological polar surface area (TPSA) is 51.0 Å². The van der Waals surface area contributed by atoms with Crippen LogP contribution in [0.25, 0.3) is 0 Å². The van der Waals surface area contributed by atoms with Gasteiger partial charge in [0, 0.05) is 26.5 Å². The van der Waals surface area contributed by atoms with E-state index < -0.39 is 22.8 Å². The molecule has 0 saturated carbocycles. The molecule has 0 aliphatic heterocycles. The summed E-state index contributed by atoms with van der Waals surface area (Å²) in [4.78, 5) is 18.0. The van der Waals surface area contributed by atoms with Crippen LogP contribution < -0.4 is 0 Å². The Hall–Kier alpha value is -2.09. The van der Waals surface area contributed by atoms with E-state index in [1.807, 2.05) is 6.92 Å². The molecule has 0 N–H and O–H groups in total. The Kier molecular flexibility index (Phi) is 5.17. The molecule has 0 unspecified atom stereocenters. The third-order valence-corrected chi connectivity index (χ3v) is 4.06. The van der Waals surface area contributed by atoms with Gasteiger partial charge in [-0.15, -0.1) is 0 Å². The number of carbonyl (C=O) groups is 1. The first kappa shape index (κ1) is 18.3. The summed E-state index contributed by atoms with van der Waals surface area (Å²) in [5, 5.41) is 2.65. The predicted octanol–water partition coefficient (Wildman–Crippen LogP) is 3.71. The van der Waals surface area contributed by atoms with Crippen molar-refractivity contribution < 1.29 is 18.0 Å². The van der Waals surface area contributed by atoms with Crippen LogP contribution in [0.2, 0.25) is 5.02 Å². The molecule has 2 aromatic rings. The van der Waals surface area contributed by atoms with Crippen molar-refractivity contribution in [3.8, 4) is 0 Å². The number of carbonyl (C=O) groups excluding carboxylic acids is 1. The van der Waals surface area contributed by atoms with Crippen molar-refractivity contribution in [1.82, 2.24) is 19.7 Å². The third-order valence-electron chi connectivity index (χ3n) is 3.70. The molecule has 2 rings (SSSR count). The van der Waals surface area contributed by atoms with E-state index >= 15 is 0 Å².